The highest BCUT2D eigenvalue weighted by molar-refractivity contribution is 7.06. The molecule has 0 unspecified atom stereocenters. The van der Waals surface area contributed by atoms with Gasteiger partial charge in [-0.2, -0.15) is 0 Å². The standard InChI is InChI=1S/C6H6ClNS/c7-6(2-3-6)5-1-4-8-9-5/h1,4H,2-3H2. The Morgan fingerprint density at radius 1 is 1.67 bits per heavy atom. The summed E-state index contributed by atoms with van der Waals surface area (Å²) in [6.07, 6.45) is 4.05. The van der Waals surface area contributed by atoms with Crippen LogP contribution in [0.4, 0.5) is 0 Å². The quantitative estimate of drug-likeness (QED) is 0.574. The van der Waals surface area contributed by atoms with E-state index >= 15 is 0 Å². The van der Waals surface area contributed by atoms with Crippen LogP contribution in [0.3, 0.4) is 0 Å². The number of hydrogen-bond acceptors (Lipinski definition) is 2. The van der Waals surface area contributed by atoms with E-state index in [-0.39, 0.29) is 4.87 Å². The van der Waals surface area contributed by atoms with Gasteiger partial charge in [-0.3, -0.25) is 0 Å². The Kier molecular flexibility index (Phi) is 1.08. The van der Waals surface area contributed by atoms with E-state index in [9.17, 15) is 0 Å². The number of nitrogens with zero attached hydrogens (tertiary/aromatic N) is 1. The maximum absolute atomic E-state index is 6.08. The molecule has 1 heterocycles. The van der Waals surface area contributed by atoms with Crippen LogP contribution in [0.5, 0.6) is 0 Å². The van der Waals surface area contributed by atoms with Gasteiger partial charge in [-0.05, 0) is 30.4 Å². The van der Waals surface area contributed by atoms with E-state index in [1.165, 1.54) is 16.4 Å². The van der Waals surface area contributed by atoms with E-state index in [2.05, 4.69) is 4.37 Å². The molecule has 1 saturated carbocycles. The van der Waals surface area contributed by atoms with Crippen molar-refractivity contribution in [1.29, 1.82) is 0 Å². The molecule has 0 aliphatic heterocycles. The van der Waals surface area contributed by atoms with Gasteiger partial charge in [0.15, 0.2) is 0 Å². The third-order valence-electron chi connectivity index (χ3n) is 1.57. The van der Waals surface area contributed by atoms with E-state index in [0.717, 1.165) is 12.8 Å². The van der Waals surface area contributed by atoms with Gasteiger partial charge in [0.25, 0.3) is 0 Å². The lowest BCUT2D eigenvalue weighted by molar-refractivity contribution is 1.05. The van der Waals surface area contributed by atoms with Gasteiger partial charge >= 0.3 is 0 Å². The van der Waals surface area contributed by atoms with E-state index in [4.69, 9.17) is 11.6 Å². The monoisotopic (exact) mass is 159 g/mol. The maximum atomic E-state index is 6.08. The molecule has 0 amide bonds. The van der Waals surface area contributed by atoms with Gasteiger partial charge in [-0.25, -0.2) is 4.37 Å². The number of hydrogen-bond donors (Lipinski definition) is 0. The lowest BCUT2D eigenvalue weighted by Crippen LogP contribution is -1.88. The third kappa shape index (κ3) is 0.864. The fourth-order valence-electron chi connectivity index (χ4n) is 0.803. The molecular formula is C6H6ClNS. The van der Waals surface area contributed by atoms with Crippen molar-refractivity contribution in [3.8, 4) is 0 Å². The summed E-state index contributed by atoms with van der Waals surface area (Å²) in [5, 5.41) is 0. The molecule has 0 N–H and O–H groups in total. The van der Waals surface area contributed by atoms with Crippen LogP contribution < -0.4 is 0 Å². The number of halogens is 1. The summed E-state index contributed by atoms with van der Waals surface area (Å²) in [7, 11) is 0. The zero-order chi connectivity index (χ0) is 6.32. The summed E-state index contributed by atoms with van der Waals surface area (Å²) in [5.74, 6) is 0. The molecule has 1 aliphatic carbocycles. The minimum Gasteiger partial charge on any atom is -0.201 e. The second-order valence-electron chi connectivity index (χ2n) is 2.34. The van der Waals surface area contributed by atoms with Gasteiger partial charge in [0.1, 0.15) is 0 Å². The van der Waals surface area contributed by atoms with E-state index in [1.807, 2.05) is 12.3 Å². The first kappa shape index (κ1) is 5.69. The molecule has 0 saturated heterocycles. The molecule has 0 spiro atoms. The molecule has 9 heavy (non-hydrogen) atoms. The van der Waals surface area contributed by atoms with E-state index in [1.54, 1.807) is 0 Å². The Hall–Kier alpha value is -0.0800. The average molecular weight is 160 g/mol. The van der Waals surface area contributed by atoms with Crippen molar-refractivity contribution in [2.45, 2.75) is 17.7 Å². The lowest BCUT2D eigenvalue weighted by Gasteiger charge is -1.96. The topological polar surface area (TPSA) is 12.9 Å². The number of rotatable bonds is 1. The van der Waals surface area contributed by atoms with E-state index < -0.39 is 0 Å². The first-order valence-corrected chi connectivity index (χ1v) is 4.06. The van der Waals surface area contributed by atoms with Gasteiger partial charge < -0.3 is 0 Å². The Morgan fingerprint density at radius 3 is 2.89 bits per heavy atom. The van der Waals surface area contributed by atoms with Crippen molar-refractivity contribution in [2.24, 2.45) is 0 Å². The largest absolute Gasteiger partial charge is 0.201 e. The van der Waals surface area contributed by atoms with Crippen LogP contribution >= 0.6 is 23.1 Å². The molecule has 0 radical (unpaired) electrons. The minimum absolute atomic E-state index is 0.00116. The fourth-order valence-corrected chi connectivity index (χ4v) is 1.79. The molecule has 0 bridgehead atoms. The van der Waals surface area contributed by atoms with Crippen LogP contribution in [0, 0.1) is 0 Å². The lowest BCUT2D eigenvalue weighted by atomic mass is 10.3. The predicted molar refractivity (Wildman–Crippen MR) is 38.9 cm³/mol. The van der Waals surface area contributed by atoms with Crippen LogP contribution in [0.1, 0.15) is 17.7 Å². The summed E-state index contributed by atoms with van der Waals surface area (Å²) in [4.78, 5) is 1.23. The Bertz CT molecular complexity index is 203. The SMILES string of the molecule is ClC1(c2ccns2)CC1. The second kappa shape index (κ2) is 1.70. The molecule has 1 fully saturated rings. The van der Waals surface area contributed by atoms with Crippen LogP contribution in [-0.4, -0.2) is 4.37 Å². The van der Waals surface area contributed by atoms with Gasteiger partial charge in [-0.1, -0.05) is 0 Å². The zero-order valence-corrected chi connectivity index (χ0v) is 6.37. The van der Waals surface area contributed by atoms with Crippen molar-refractivity contribution < 1.29 is 0 Å². The Morgan fingerprint density at radius 2 is 2.44 bits per heavy atom. The zero-order valence-electron chi connectivity index (χ0n) is 4.80. The first-order valence-electron chi connectivity index (χ1n) is 2.91. The van der Waals surface area contributed by atoms with Crippen LogP contribution in [0.15, 0.2) is 12.3 Å². The van der Waals surface area contributed by atoms with Crippen molar-refractivity contribution in [3.05, 3.63) is 17.1 Å². The summed E-state index contributed by atoms with van der Waals surface area (Å²) in [6, 6.07) is 2.00. The molecule has 1 aromatic rings. The predicted octanol–water partition coefficient (Wildman–Crippen LogP) is 2.37. The minimum atomic E-state index is 0.00116. The molecular weight excluding hydrogens is 154 g/mol. The summed E-state index contributed by atoms with van der Waals surface area (Å²) < 4.78 is 3.99. The van der Waals surface area contributed by atoms with Crippen LogP contribution in [-0.2, 0) is 4.87 Å². The van der Waals surface area contributed by atoms with Crippen LogP contribution in [0.25, 0.3) is 0 Å². The fraction of sp³-hybridized carbons (Fsp3) is 0.500. The maximum Gasteiger partial charge on any atom is 0.0804 e. The molecule has 1 nitrogen and oxygen atoms in total. The van der Waals surface area contributed by atoms with Crippen molar-refractivity contribution in [1.82, 2.24) is 4.37 Å². The normalized spacial score (nSPS) is 21.9. The first-order chi connectivity index (χ1) is 4.31. The summed E-state index contributed by atoms with van der Waals surface area (Å²) in [6.45, 7) is 0. The molecule has 1 aromatic heterocycles. The Balaban J connectivity index is 2.34. The third-order valence-corrected chi connectivity index (χ3v) is 3.21. The van der Waals surface area contributed by atoms with Gasteiger partial charge in [0.2, 0.25) is 0 Å². The number of alkyl halides is 1. The summed E-state index contributed by atoms with van der Waals surface area (Å²) in [5.41, 5.74) is 0. The molecule has 2 rings (SSSR count). The highest BCUT2D eigenvalue weighted by atomic mass is 35.5. The average Bonchev–Trinajstić information content (AvgIpc) is 2.46. The Labute approximate surface area is 62.8 Å². The highest BCUT2D eigenvalue weighted by Gasteiger charge is 2.43. The van der Waals surface area contributed by atoms with Crippen LogP contribution in [0.2, 0.25) is 0 Å². The van der Waals surface area contributed by atoms with Gasteiger partial charge in [-0.15, -0.1) is 11.6 Å². The molecule has 0 atom stereocenters. The second-order valence-corrected chi connectivity index (χ2v) is 3.90. The van der Waals surface area contributed by atoms with Crippen molar-refractivity contribution in [3.63, 3.8) is 0 Å². The van der Waals surface area contributed by atoms with Gasteiger partial charge in [0.05, 0.1) is 4.87 Å². The van der Waals surface area contributed by atoms with Crippen molar-refractivity contribution >= 4 is 23.1 Å². The van der Waals surface area contributed by atoms with Gasteiger partial charge in [0, 0.05) is 11.1 Å². The molecule has 0 aromatic carbocycles. The summed E-state index contributed by atoms with van der Waals surface area (Å²) >= 11 is 7.59. The highest BCUT2D eigenvalue weighted by Crippen LogP contribution is 2.52. The number of aromatic nitrogens is 1. The molecule has 48 valence electrons. The molecule has 3 heteroatoms. The molecule has 1 aliphatic rings. The van der Waals surface area contributed by atoms with E-state index in [0.29, 0.717) is 0 Å². The van der Waals surface area contributed by atoms with Crippen molar-refractivity contribution in [2.75, 3.05) is 0 Å². The smallest absolute Gasteiger partial charge is 0.0804 e.